The molecule has 0 fully saturated rings. The Balaban J connectivity index is 0.000000720. The maximum atomic E-state index is 11.0. The largest absolute Gasteiger partial charge is 1.00 e. The number of H-pyrrole nitrogens is 2. The number of hydrogen-bond acceptors (Lipinski definition) is 4. The number of aromatic nitrogens is 4. The molecule has 64 valence electrons. The first kappa shape index (κ1) is 8.54. The highest BCUT2D eigenvalue weighted by Gasteiger charge is 2.01. The van der Waals surface area contributed by atoms with Crippen LogP contribution < -0.4 is 23.7 Å². The highest BCUT2D eigenvalue weighted by Crippen LogP contribution is 1.98. The molecule has 0 aromatic carbocycles. The Hall–Kier alpha value is -1.56. The number of nitrogens with zero attached hydrogens (tertiary/aromatic N) is 2. The van der Waals surface area contributed by atoms with Gasteiger partial charge in [0.15, 0.2) is 11.2 Å². The van der Waals surface area contributed by atoms with Crippen molar-refractivity contribution in [1.82, 2.24) is 19.9 Å². The smallest absolute Gasteiger partial charge is 1.00 e. The van der Waals surface area contributed by atoms with Gasteiger partial charge in [-0.15, -0.1) is 0 Å². The second-order valence-corrected chi connectivity index (χ2v) is 2.05. The van der Waals surface area contributed by atoms with E-state index in [1.807, 2.05) is 0 Å². The van der Waals surface area contributed by atoms with Crippen LogP contribution in [-0.4, -0.2) is 19.9 Å². The molecule has 0 saturated heterocycles. The van der Waals surface area contributed by atoms with Crippen molar-refractivity contribution in [3.63, 3.8) is 0 Å². The van der Waals surface area contributed by atoms with E-state index in [2.05, 4.69) is 19.9 Å². The summed E-state index contributed by atoms with van der Waals surface area (Å²) in [4.78, 5) is 23.5. The predicted molar refractivity (Wildman–Crippen MR) is 40.0 cm³/mol. The number of rotatable bonds is 0. The van der Waals surface area contributed by atoms with Gasteiger partial charge in [-0.1, -0.05) is 0 Å². The number of nitrogen functional groups attached to an aromatic ring is 1. The van der Waals surface area contributed by atoms with Crippen LogP contribution in [0.5, 0.6) is 0 Å². The number of nitrogens with two attached hydrogens (primary N) is 1. The van der Waals surface area contributed by atoms with Crippen LogP contribution in [-0.2, 0) is 0 Å². The normalized spacial score (nSPS) is 9.67. The molecule has 2 rings (SSSR count). The fourth-order valence-electron chi connectivity index (χ4n) is 0.867. The lowest BCUT2D eigenvalue weighted by atomic mass is 10.5. The van der Waals surface area contributed by atoms with Gasteiger partial charge in [0.25, 0.3) is 5.56 Å². The Morgan fingerprint density at radius 3 is 3.08 bits per heavy atom. The van der Waals surface area contributed by atoms with Crippen LogP contribution in [0, 0.1) is 0 Å². The van der Waals surface area contributed by atoms with Crippen molar-refractivity contribution in [1.29, 1.82) is 0 Å². The van der Waals surface area contributed by atoms with Crippen molar-refractivity contribution < 1.29 is 13.8 Å². The molecule has 2 heterocycles. The molecule has 6 nitrogen and oxygen atoms in total. The van der Waals surface area contributed by atoms with Crippen LogP contribution in [0.4, 0.5) is 5.95 Å². The molecule has 2 aromatic rings. The minimum Gasteiger partial charge on any atom is -1.00 e. The van der Waals surface area contributed by atoms with E-state index in [1.165, 1.54) is 6.33 Å². The molecule has 12 heavy (non-hydrogen) atoms. The van der Waals surface area contributed by atoms with Gasteiger partial charge in [-0.25, -0.2) is 4.98 Å². The lowest BCUT2D eigenvalue weighted by molar-refractivity contribution is -0.00000265. The van der Waals surface area contributed by atoms with Gasteiger partial charge >= 0.3 is 1.43 Å². The summed E-state index contributed by atoms with van der Waals surface area (Å²) in [5.74, 6) is 0.0783. The minimum absolute atomic E-state index is 0. The quantitative estimate of drug-likeness (QED) is 0.396. The van der Waals surface area contributed by atoms with Gasteiger partial charge in [-0.05, 0) is 0 Å². The summed E-state index contributed by atoms with van der Waals surface area (Å²) in [6.45, 7) is 0. The van der Waals surface area contributed by atoms with Crippen LogP contribution in [0.15, 0.2) is 11.1 Å². The molecule has 0 aliphatic rings. The van der Waals surface area contributed by atoms with E-state index in [4.69, 9.17) is 5.73 Å². The molecule has 0 radical (unpaired) electrons. The standard InChI is InChI=1S/C5H5N5O.ClH/c6-5-9-3-2(4(11)10-5)7-1-8-3;/h1H,(H4,6,7,8,9,10,11);1H. The molecule has 0 aliphatic heterocycles. The highest BCUT2D eigenvalue weighted by atomic mass is 35.5. The molecule has 0 bridgehead atoms. The Morgan fingerprint density at radius 1 is 1.58 bits per heavy atom. The maximum Gasteiger partial charge on any atom is 1.00 e. The molecule has 4 N–H and O–H groups in total. The van der Waals surface area contributed by atoms with Crippen LogP contribution in [0.2, 0.25) is 0 Å². The maximum absolute atomic E-state index is 11.0. The Morgan fingerprint density at radius 2 is 2.33 bits per heavy atom. The third kappa shape index (κ3) is 1.12. The fraction of sp³-hybridized carbons (Fsp3) is 0. The Kier molecular flexibility index (Phi) is 2.01. The average Bonchev–Trinajstić information content (AvgIpc) is 2.34. The van der Waals surface area contributed by atoms with Crippen LogP contribution in [0.1, 0.15) is 1.43 Å². The molecule has 0 aliphatic carbocycles. The first-order valence-corrected chi connectivity index (χ1v) is 2.96. The van der Waals surface area contributed by atoms with Crippen molar-refractivity contribution in [2.75, 3.05) is 5.73 Å². The van der Waals surface area contributed by atoms with Crippen LogP contribution in [0.25, 0.3) is 11.2 Å². The third-order valence-electron chi connectivity index (χ3n) is 1.32. The number of halogens is 1. The van der Waals surface area contributed by atoms with Gasteiger partial charge in [0.1, 0.15) is 0 Å². The van der Waals surface area contributed by atoms with Crippen molar-refractivity contribution in [3.05, 3.63) is 16.7 Å². The molecule has 0 amide bonds. The van der Waals surface area contributed by atoms with E-state index in [0.717, 1.165) is 0 Å². The van der Waals surface area contributed by atoms with Gasteiger partial charge < -0.3 is 28.1 Å². The van der Waals surface area contributed by atoms with E-state index in [-0.39, 0.29) is 19.8 Å². The monoisotopic (exact) mass is 187 g/mol. The van der Waals surface area contributed by atoms with Gasteiger partial charge in [0.2, 0.25) is 5.95 Å². The number of nitrogens with one attached hydrogen (secondary N) is 2. The fourth-order valence-corrected chi connectivity index (χ4v) is 0.867. The molecular formula is C5H6ClN5O. The lowest BCUT2D eigenvalue weighted by Gasteiger charge is -1.89. The predicted octanol–water partition coefficient (Wildman–Crippen LogP) is -3.66. The highest BCUT2D eigenvalue weighted by molar-refractivity contribution is 5.69. The van der Waals surface area contributed by atoms with Crippen molar-refractivity contribution in [2.45, 2.75) is 0 Å². The Labute approximate surface area is 74.1 Å². The minimum atomic E-state index is -0.395. The topological polar surface area (TPSA) is 100 Å². The van der Waals surface area contributed by atoms with Crippen molar-refractivity contribution >= 4 is 17.1 Å². The lowest BCUT2D eigenvalue weighted by Crippen LogP contribution is -3.00. The molecular weight excluding hydrogens is 182 g/mol. The molecule has 2 aromatic heterocycles. The summed E-state index contributed by atoms with van der Waals surface area (Å²) in [6, 6.07) is 0. The summed E-state index contributed by atoms with van der Waals surface area (Å²) in [5.41, 5.74) is 5.65. The zero-order valence-corrected chi connectivity index (χ0v) is 6.59. The summed E-state index contributed by atoms with van der Waals surface area (Å²) < 4.78 is 0. The first-order chi connectivity index (χ1) is 5.27. The van der Waals surface area contributed by atoms with Crippen molar-refractivity contribution in [3.8, 4) is 0 Å². The second kappa shape index (κ2) is 2.82. The summed E-state index contributed by atoms with van der Waals surface area (Å²) in [6.07, 6.45) is 1.41. The van der Waals surface area contributed by atoms with Gasteiger partial charge in [0.05, 0.1) is 6.33 Å². The zero-order chi connectivity index (χ0) is 7.84. The van der Waals surface area contributed by atoms with E-state index >= 15 is 0 Å². The zero-order valence-electron chi connectivity index (χ0n) is 6.84. The molecule has 0 unspecified atom stereocenters. The number of anilines is 1. The van der Waals surface area contributed by atoms with Crippen molar-refractivity contribution in [2.24, 2.45) is 0 Å². The van der Waals surface area contributed by atoms with E-state index in [0.29, 0.717) is 11.2 Å². The van der Waals surface area contributed by atoms with Gasteiger partial charge in [0, 0.05) is 0 Å². The molecule has 7 heteroatoms. The third-order valence-corrected chi connectivity index (χ3v) is 1.32. The average molecular weight is 188 g/mol. The van der Waals surface area contributed by atoms with E-state index in [9.17, 15) is 4.79 Å². The van der Waals surface area contributed by atoms with Gasteiger partial charge in [-0.3, -0.25) is 4.79 Å². The molecule has 0 saturated carbocycles. The van der Waals surface area contributed by atoms with Crippen LogP contribution in [0.3, 0.4) is 0 Å². The number of aromatic amines is 2. The molecule has 0 atom stereocenters. The first-order valence-electron chi connectivity index (χ1n) is 2.96. The summed E-state index contributed by atoms with van der Waals surface area (Å²) >= 11 is 0. The van der Waals surface area contributed by atoms with E-state index < -0.39 is 5.56 Å². The summed E-state index contributed by atoms with van der Waals surface area (Å²) in [7, 11) is 0. The second-order valence-electron chi connectivity index (χ2n) is 2.05. The van der Waals surface area contributed by atoms with E-state index in [1.54, 1.807) is 0 Å². The Bertz CT molecular complexity index is 451. The number of hydrogen-bond donors (Lipinski definition) is 3. The van der Waals surface area contributed by atoms with Crippen LogP contribution >= 0.6 is 0 Å². The molecule has 0 spiro atoms. The SMILES string of the molecule is Nc1nc(=O)c2[nH]cnc2[nH]1.[Cl-].[H+]. The van der Waals surface area contributed by atoms with Gasteiger partial charge in [-0.2, -0.15) is 4.98 Å². The number of fused-ring (bicyclic) bond motifs is 1. The number of imidazole rings is 1. The summed E-state index contributed by atoms with van der Waals surface area (Å²) in [5, 5.41) is 0.